The van der Waals surface area contributed by atoms with E-state index >= 15 is 0 Å². The lowest BCUT2D eigenvalue weighted by Crippen LogP contribution is -2.11. The summed E-state index contributed by atoms with van der Waals surface area (Å²) < 4.78 is 4.80. The molecule has 0 aliphatic heterocycles. The Bertz CT molecular complexity index is 469. The lowest BCUT2D eigenvalue weighted by molar-refractivity contribution is 0.0519. The van der Waals surface area contributed by atoms with Crippen LogP contribution >= 0.6 is 0 Å². The fourth-order valence-corrected chi connectivity index (χ4v) is 1.12. The van der Waals surface area contributed by atoms with E-state index in [0.717, 1.165) is 0 Å². The number of rotatable bonds is 4. The van der Waals surface area contributed by atoms with Gasteiger partial charge in [-0.15, -0.1) is 0 Å². The van der Waals surface area contributed by atoms with Crippen LogP contribution in [0, 0.1) is 0 Å². The zero-order chi connectivity index (χ0) is 13.5. The van der Waals surface area contributed by atoms with E-state index in [1.807, 2.05) is 0 Å². The molecule has 1 rings (SSSR count). The molecule has 96 valence electrons. The van der Waals surface area contributed by atoms with Crippen LogP contribution in [0.5, 0.6) is 0 Å². The first-order valence-electron chi connectivity index (χ1n) is 5.42. The Labute approximate surface area is 105 Å². The number of hydrogen-bond acceptors (Lipinski definition) is 4. The van der Waals surface area contributed by atoms with Crippen molar-refractivity contribution in [3.63, 3.8) is 0 Å². The van der Waals surface area contributed by atoms with Gasteiger partial charge in [-0.05, 0) is 19.1 Å². The van der Waals surface area contributed by atoms with Crippen molar-refractivity contribution in [1.82, 2.24) is 9.88 Å². The van der Waals surface area contributed by atoms with Crippen LogP contribution in [-0.4, -0.2) is 48.8 Å². The van der Waals surface area contributed by atoms with Crippen molar-refractivity contribution in [2.75, 3.05) is 20.7 Å². The van der Waals surface area contributed by atoms with Gasteiger partial charge in [0.2, 0.25) is 0 Å². The van der Waals surface area contributed by atoms with Crippen molar-refractivity contribution in [2.24, 2.45) is 4.99 Å². The summed E-state index contributed by atoms with van der Waals surface area (Å²) in [4.78, 5) is 32.3. The van der Waals surface area contributed by atoms with Crippen LogP contribution in [0.4, 0.5) is 0 Å². The first-order chi connectivity index (χ1) is 8.54. The highest BCUT2D eigenvalue weighted by atomic mass is 16.5. The predicted molar refractivity (Wildman–Crippen MR) is 66.7 cm³/mol. The molecule has 0 fully saturated rings. The van der Waals surface area contributed by atoms with Crippen molar-refractivity contribution in [3.05, 3.63) is 29.6 Å². The number of ether oxygens (including phenoxy) is 1. The molecule has 0 spiro atoms. The molecule has 1 aromatic rings. The van der Waals surface area contributed by atoms with Crippen LogP contribution in [0.3, 0.4) is 0 Å². The topological polar surface area (TPSA) is 71.9 Å². The van der Waals surface area contributed by atoms with E-state index in [9.17, 15) is 9.59 Å². The van der Waals surface area contributed by atoms with Gasteiger partial charge < -0.3 is 9.64 Å². The first-order valence-corrected chi connectivity index (χ1v) is 5.42. The van der Waals surface area contributed by atoms with Crippen LogP contribution < -0.4 is 0 Å². The van der Waals surface area contributed by atoms with E-state index in [0.29, 0.717) is 5.56 Å². The predicted octanol–water partition coefficient (Wildman–Crippen LogP) is 0.988. The summed E-state index contributed by atoms with van der Waals surface area (Å²) in [6.07, 6.45) is 2.78. The molecule has 0 radical (unpaired) electrons. The molecule has 1 aromatic heterocycles. The maximum absolute atomic E-state index is 11.7. The minimum Gasteiger partial charge on any atom is -0.461 e. The molecule has 1 heterocycles. The normalized spacial score (nSPS) is 10.4. The average Bonchev–Trinajstić information content (AvgIpc) is 2.36. The van der Waals surface area contributed by atoms with E-state index < -0.39 is 11.9 Å². The second kappa shape index (κ2) is 6.48. The summed E-state index contributed by atoms with van der Waals surface area (Å²) in [5.41, 5.74) is 0.397. The standard InChI is InChI=1S/C12H15N3O3/c1-4-18-12(17)10-7-9(5-6-13-10)11(16)14-8-15(2)3/h5-8H,4H2,1-3H3. The summed E-state index contributed by atoms with van der Waals surface area (Å²) in [7, 11) is 3.51. The third-order valence-electron chi connectivity index (χ3n) is 1.90. The Morgan fingerprint density at radius 2 is 2.22 bits per heavy atom. The van der Waals surface area contributed by atoms with Crippen molar-refractivity contribution in [3.8, 4) is 0 Å². The van der Waals surface area contributed by atoms with Crippen molar-refractivity contribution < 1.29 is 14.3 Å². The minimum atomic E-state index is -0.552. The fourth-order valence-electron chi connectivity index (χ4n) is 1.12. The van der Waals surface area contributed by atoms with Crippen LogP contribution in [0.15, 0.2) is 23.3 Å². The van der Waals surface area contributed by atoms with Gasteiger partial charge in [0.05, 0.1) is 12.9 Å². The summed E-state index contributed by atoms with van der Waals surface area (Å²) in [6, 6.07) is 2.87. The molecule has 0 aromatic carbocycles. The molecule has 0 N–H and O–H groups in total. The molecule has 1 amide bonds. The molecule has 0 aliphatic carbocycles. The SMILES string of the molecule is CCOC(=O)c1cc(C(=O)N=CN(C)C)ccn1. The largest absolute Gasteiger partial charge is 0.461 e. The summed E-state index contributed by atoms with van der Waals surface area (Å²) in [5, 5.41) is 0. The van der Waals surface area contributed by atoms with Gasteiger partial charge in [-0.1, -0.05) is 0 Å². The number of nitrogens with zero attached hydrogens (tertiary/aromatic N) is 3. The second-order valence-electron chi connectivity index (χ2n) is 3.66. The number of esters is 1. The van der Waals surface area contributed by atoms with E-state index in [1.165, 1.54) is 24.7 Å². The van der Waals surface area contributed by atoms with Gasteiger partial charge in [-0.2, -0.15) is 4.99 Å². The second-order valence-corrected chi connectivity index (χ2v) is 3.66. The molecular formula is C12H15N3O3. The number of aromatic nitrogens is 1. The first kappa shape index (κ1) is 13.8. The third kappa shape index (κ3) is 3.97. The quantitative estimate of drug-likeness (QED) is 0.452. The maximum Gasteiger partial charge on any atom is 0.356 e. The van der Waals surface area contributed by atoms with Gasteiger partial charge in [-0.25, -0.2) is 9.78 Å². The molecule has 0 saturated carbocycles. The Morgan fingerprint density at radius 1 is 1.50 bits per heavy atom. The van der Waals surface area contributed by atoms with Gasteiger partial charge in [0.15, 0.2) is 0 Å². The lowest BCUT2D eigenvalue weighted by Gasteiger charge is -2.03. The summed E-state index contributed by atoms with van der Waals surface area (Å²) in [5.74, 6) is -0.986. The molecule has 6 heteroatoms. The van der Waals surface area contributed by atoms with Gasteiger partial charge >= 0.3 is 5.97 Å². The van der Waals surface area contributed by atoms with Gasteiger partial charge in [0.1, 0.15) is 5.69 Å². The number of carbonyl (C=O) groups excluding carboxylic acids is 2. The lowest BCUT2D eigenvalue weighted by atomic mass is 10.2. The van der Waals surface area contributed by atoms with Crippen molar-refractivity contribution >= 4 is 18.2 Å². The highest BCUT2D eigenvalue weighted by Crippen LogP contribution is 2.05. The molecule has 6 nitrogen and oxygen atoms in total. The zero-order valence-electron chi connectivity index (χ0n) is 10.6. The maximum atomic E-state index is 11.7. The Balaban J connectivity index is 2.88. The Kier molecular flexibility index (Phi) is 4.98. The van der Waals surface area contributed by atoms with E-state index in [1.54, 1.807) is 25.9 Å². The van der Waals surface area contributed by atoms with E-state index in [4.69, 9.17) is 4.74 Å². The Morgan fingerprint density at radius 3 is 2.83 bits per heavy atom. The molecule has 0 aliphatic rings. The van der Waals surface area contributed by atoms with Gasteiger partial charge in [-0.3, -0.25) is 4.79 Å². The number of amides is 1. The zero-order valence-corrected chi connectivity index (χ0v) is 10.6. The molecule has 18 heavy (non-hydrogen) atoms. The van der Waals surface area contributed by atoms with Crippen LogP contribution in [0.1, 0.15) is 27.8 Å². The average molecular weight is 249 g/mol. The Hall–Kier alpha value is -2.24. The third-order valence-corrected chi connectivity index (χ3v) is 1.90. The van der Waals surface area contributed by atoms with Gasteiger partial charge in [0, 0.05) is 25.9 Å². The minimum absolute atomic E-state index is 0.0998. The van der Waals surface area contributed by atoms with Crippen molar-refractivity contribution in [2.45, 2.75) is 6.92 Å². The van der Waals surface area contributed by atoms with Crippen LogP contribution in [0.2, 0.25) is 0 Å². The molecule has 0 saturated heterocycles. The van der Waals surface area contributed by atoms with Crippen molar-refractivity contribution in [1.29, 1.82) is 0 Å². The summed E-state index contributed by atoms with van der Waals surface area (Å²) >= 11 is 0. The van der Waals surface area contributed by atoms with E-state index in [2.05, 4.69) is 9.98 Å². The fraction of sp³-hybridized carbons (Fsp3) is 0.333. The monoisotopic (exact) mass is 249 g/mol. The molecule has 0 atom stereocenters. The highest BCUT2D eigenvalue weighted by molar-refractivity contribution is 6.00. The highest BCUT2D eigenvalue weighted by Gasteiger charge is 2.11. The molecule has 0 unspecified atom stereocenters. The smallest absolute Gasteiger partial charge is 0.356 e. The number of carbonyl (C=O) groups is 2. The van der Waals surface area contributed by atoms with Crippen LogP contribution in [-0.2, 0) is 4.74 Å². The number of pyridine rings is 1. The van der Waals surface area contributed by atoms with Crippen LogP contribution in [0.25, 0.3) is 0 Å². The van der Waals surface area contributed by atoms with Gasteiger partial charge in [0.25, 0.3) is 5.91 Å². The summed E-state index contributed by atoms with van der Waals surface area (Å²) in [6.45, 7) is 1.96. The number of aliphatic imine (C=N–C) groups is 1. The molecular weight excluding hydrogens is 234 g/mol. The number of hydrogen-bond donors (Lipinski definition) is 0. The van der Waals surface area contributed by atoms with E-state index in [-0.39, 0.29) is 12.3 Å². The molecule has 0 bridgehead atoms.